The monoisotopic (exact) mass is 324 g/mol. The van der Waals surface area contributed by atoms with E-state index in [1.165, 1.54) is 0 Å². The van der Waals surface area contributed by atoms with Crippen molar-refractivity contribution in [3.05, 3.63) is 108 Å². The zero-order valence-electron chi connectivity index (χ0n) is 13.5. The minimum Gasteiger partial charge on any atom is -0.260 e. The van der Waals surface area contributed by atoms with Crippen LogP contribution in [0.3, 0.4) is 0 Å². The van der Waals surface area contributed by atoms with Gasteiger partial charge < -0.3 is 0 Å². The van der Waals surface area contributed by atoms with Crippen LogP contribution >= 0.6 is 0 Å². The molecule has 0 saturated carbocycles. The highest BCUT2D eigenvalue weighted by atomic mass is 16.1. The molecule has 120 valence electrons. The Morgan fingerprint density at radius 3 is 1.76 bits per heavy atom. The quantitative estimate of drug-likeness (QED) is 0.553. The van der Waals surface area contributed by atoms with Gasteiger partial charge in [0.05, 0.1) is 17.1 Å². The molecule has 3 heteroatoms. The van der Waals surface area contributed by atoms with Crippen molar-refractivity contribution in [3.63, 3.8) is 0 Å². The topological polar surface area (TPSA) is 34.9 Å². The summed E-state index contributed by atoms with van der Waals surface area (Å²) in [6.07, 6.45) is 0. The summed E-state index contributed by atoms with van der Waals surface area (Å²) in [7, 11) is 0. The summed E-state index contributed by atoms with van der Waals surface area (Å²) in [5.74, 6) is 0. The molecular formula is C22H16N2O. The summed E-state index contributed by atoms with van der Waals surface area (Å²) in [5, 5.41) is 0. The molecule has 1 heterocycles. The van der Waals surface area contributed by atoms with E-state index in [1.54, 1.807) is 4.57 Å². The maximum atomic E-state index is 12.9. The van der Waals surface area contributed by atoms with Crippen LogP contribution in [0.4, 0.5) is 0 Å². The van der Waals surface area contributed by atoms with Crippen LogP contribution in [0.15, 0.2) is 102 Å². The standard InChI is InChI=1S/C22H16N2O/c25-22-23-20(17-10-4-1-5-11-17)16-21(18-12-6-2-7-13-18)24(22)19-14-8-3-9-15-19/h1-16H. The van der Waals surface area contributed by atoms with Crippen molar-refractivity contribution in [2.45, 2.75) is 0 Å². The first-order valence-corrected chi connectivity index (χ1v) is 8.13. The van der Waals surface area contributed by atoms with Gasteiger partial charge in [-0.3, -0.25) is 4.57 Å². The highest BCUT2D eigenvalue weighted by Crippen LogP contribution is 2.25. The highest BCUT2D eigenvalue weighted by Gasteiger charge is 2.12. The van der Waals surface area contributed by atoms with Crippen molar-refractivity contribution in [1.29, 1.82) is 0 Å². The van der Waals surface area contributed by atoms with Gasteiger partial charge in [-0.25, -0.2) is 4.79 Å². The van der Waals surface area contributed by atoms with Gasteiger partial charge in [0.25, 0.3) is 0 Å². The lowest BCUT2D eigenvalue weighted by molar-refractivity contribution is 0.926. The van der Waals surface area contributed by atoms with Gasteiger partial charge in [0.1, 0.15) is 0 Å². The SMILES string of the molecule is O=c1nc(-c2ccccc2)cc(-c2ccccc2)n1-c1ccccc1. The normalized spacial score (nSPS) is 10.6. The molecule has 4 aromatic rings. The molecular weight excluding hydrogens is 308 g/mol. The molecule has 0 atom stereocenters. The van der Waals surface area contributed by atoms with Gasteiger partial charge in [-0.1, -0.05) is 78.9 Å². The smallest absolute Gasteiger partial charge is 0.260 e. The second-order valence-corrected chi connectivity index (χ2v) is 5.71. The summed E-state index contributed by atoms with van der Waals surface area (Å²) in [6, 6.07) is 31.2. The van der Waals surface area contributed by atoms with Crippen molar-refractivity contribution in [3.8, 4) is 28.2 Å². The molecule has 3 nitrogen and oxygen atoms in total. The van der Waals surface area contributed by atoms with Gasteiger partial charge in [-0.15, -0.1) is 0 Å². The first kappa shape index (κ1) is 15.1. The molecule has 0 fully saturated rings. The molecule has 0 unspecified atom stereocenters. The van der Waals surface area contributed by atoms with Gasteiger partial charge >= 0.3 is 5.69 Å². The van der Waals surface area contributed by atoms with Crippen LogP contribution in [0, 0.1) is 0 Å². The fourth-order valence-corrected chi connectivity index (χ4v) is 2.89. The summed E-state index contributed by atoms with van der Waals surface area (Å²) in [5.41, 5.74) is 3.92. The first-order valence-electron chi connectivity index (χ1n) is 8.13. The number of rotatable bonds is 3. The van der Waals surface area contributed by atoms with Gasteiger partial charge in [-0.05, 0) is 23.8 Å². The Balaban J connectivity index is 2.01. The molecule has 0 saturated heterocycles. The molecule has 0 amide bonds. The van der Waals surface area contributed by atoms with Gasteiger partial charge in [0.15, 0.2) is 0 Å². The van der Waals surface area contributed by atoms with E-state index in [0.717, 1.165) is 22.5 Å². The Labute approximate surface area is 145 Å². The van der Waals surface area contributed by atoms with Crippen LogP contribution in [-0.4, -0.2) is 9.55 Å². The van der Waals surface area contributed by atoms with Crippen LogP contribution in [0.1, 0.15) is 0 Å². The Bertz CT molecular complexity index is 1040. The Kier molecular flexibility index (Phi) is 3.97. The molecule has 0 aliphatic carbocycles. The Hall–Kier alpha value is -3.46. The van der Waals surface area contributed by atoms with E-state index in [9.17, 15) is 4.79 Å². The number of nitrogens with zero attached hydrogens (tertiary/aromatic N) is 2. The lowest BCUT2D eigenvalue weighted by Crippen LogP contribution is -2.23. The van der Waals surface area contributed by atoms with E-state index in [2.05, 4.69) is 4.98 Å². The van der Waals surface area contributed by atoms with Gasteiger partial charge in [0, 0.05) is 5.56 Å². The van der Waals surface area contributed by atoms with E-state index in [1.807, 2.05) is 97.1 Å². The predicted molar refractivity (Wildman–Crippen MR) is 101 cm³/mol. The van der Waals surface area contributed by atoms with Crippen LogP contribution in [-0.2, 0) is 0 Å². The number of para-hydroxylation sites is 1. The van der Waals surface area contributed by atoms with Crippen molar-refractivity contribution >= 4 is 0 Å². The van der Waals surface area contributed by atoms with E-state index < -0.39 is 0 Å². The molecule has 0 radical (unpaired) electrons. The zero-order valence-corrected chi connectivity index (χ0v) is 13.5. The summed E-state index contributed by atoms with van der Waals surface area (Å²) in [6.45, 7) is 0. The maximum Gasteiger partial charge on any atom is 0.353 e. The second-order valence-electron chi connectivity index (χ2n) is 5.71. The zero-order chi connectivity index (χ0) is 17.1. The molecule has 0 aliphatic rings. The van der Waals surface area contributed by atoms with Crippen LogP contribution in [0.5, 0.6) is 0 Å². The average Bonchev–Trinajstić information content (AvgIpc) is 2.69. The van der Waals surface area contributed by atoms with Crippen molar-refractivity contribution in [2.75, 3.05) is 0 Å². The van der Waals surface area contributed by atoms with Crippen LogP contribution < -0.4 is 5.69 Å². The lowest BCUT2D eigenvalue weighted by atomic mass is 10.1. The average molecular weight is 324 g/mol. The Morgan fingerprint density at radius 2 is 1.16 bits per heavy atom. The maximum absolute atomic E-state index is 12.9. The van der Waals surface area contributed by atoms with Crippen LogP contribution in [0.25, 0.3) is 28.2 Å². The molecule has 4 rings (SSSR count). The third-order valence-electron chi connectivity index (χ3n) is 4.08. The van der Waals surface area contributed by atoms with Crippen molar-refractivity contribution in [1.82, 2.24) is 9.55 Å². The van der Waals surface area contributed by atoms with Crippen molar-refractivity contribution in [2.24, 2.45) is 0 Å². The number of hydrogen-bond acceptors (Lipinski definition) is 2. The molecule has 0 aliphatic heterocycles. The number of aromatic nitrogens is 2. The molecule has 1 aromatic heterocycles. The molecule has 3 aromatic carbocycles. The molecule has 25 heavy (non-hydrogen) atoms. The minimum atomic E-state index is -0.286. The van der Waals surface area contributed by atoms with Gasteiger partial charge in [0.2, 0.25) is 0 Å². The molecule has 0 N–H and O–H groups in total. The van der Waals surface area contributed by atoms with Gasteiger partial charge in [-0.2, -0.15) is 4.98 Å². The third-order valence-corrected chi connectivity index (χ3v) is 4.08. The van der Waals surface area contributed by atoms with E-state index in [4.69, 9.17) is 0 Å². The number of benzene rings is 3. The van der Waals surface area contributed by atoms with Crippen molar-refractivity contribution < 1.29 is 0 Å². The molecule has 0 spiro atoms. The summed E-state index contributed by atoms with van der Waals surface area (Å²) in [4.78, 5) is 17.2. The fourth-order valence-electron chi connectivity index (χ4n) is 2.89. The largest absolute Gasteiger partial charge is 0.353 e. The van der Waals surface area contributed by atoms with Crippen LogP contribution in [0.2, 0.25) is 0 Å². The van der Waals surface area contributed by atoms with E-state index >= 15 is 0 Å². The minimum absolute atomic E-state index is 0.286. The highest BCUT2D eigenvalue weighted by molar-refractivity contribution is 5.69. The summed E-state index contributed by atoms with van der Waals surface area (Å²) < 4.78 is 1.65. The summed E-state index contributed by atoms with van der Waals surface area (Å²) >= 11 is 0. The number of hydrogen-bond donors (Lipinski definition) is 0. The lowest BCUT2D eigenvalue weighted by Gasteiger charge is -2.14. The fraction of sp³-hybridized carbons (Fsp3) is 0. The second kappa shape index (κ2) is 6.57. The predicted octanol–water partition coefficient (Wildman–Crippen LogP) is 4.57. The molecule has 0 bridgehead atoms. The Morgan fingerprint density at radius 1 is 0.640 bits per heavy atom. The third kappa shape index (κ3) is 3.00. The van der Waals surface area contributed by atoms with E-state index in [-0.39, 0.29) is 5.69 Å². The van der Waals surface area contributed by atoms with E-state index in [0.29, 0.717) is 5.69 Å². The first-order chi connectivity index (χ1) is 12.3.